The molecule has 0 spiro atoms. The molecule has 20 heavy (non-hydrogen) atoms. The average molecular weight is 277 g/mol. The maximum absolute atomic E-state index is 12.0. The lowest BCUT2D eigenvalue weighted by Gasteiger charge is -2.31. The molecule has 5 nitrogen and oxygen atoms in total. The van der Waals surface area contributed by atoms with Crippen molar-refractivity contribution in [3.05, 3.63) is 29.8 Å². The zero-order valence-electron chi connectivity index (χ0n) is 11.5. The van der Waals surface area contributed by atoms with Crippen molar-refractivity contribution in [1.29, 1.82) is 0 Å². The number of anilines is 1. The maximum atomic E-state index is 12.0. The smallest absolute Gasteiger partial charge is 0.307 e. The Morgan fingerprint density at radius 1 is 1.35 bits per heavy atom. The summed E-state index contributed by atoms with van der Waals surface area (Å²) in [4.78, 5) is 23.0. The van der Waals surface area contributed by atoms with Crippen molar-refractivity contribution in [2.45, 2.75) is 26.4 Å². The summed E-state index contributed by atoms with van der Waals surface area (Å²) in [6.07, 6.45) is 1.22. The fourth-order valence-electron chi connectivity index (χ4n) is 2.30. The number of amides is 1. The van der Waals surface area contributed by atoms with Gasteiger partial charge in [0.15, 0.2) is 0 Å². The molecule has 1 saturated carbocycles. The van der Waals surface area contributed by atoms with E-state index in [2.05, 4.69) is 5.32 Å². The first-order chi connectivity index (χ1) is 9.61. The average Bonchev–Trinajstić information content (AvgIpc) is 2.34. The highest BCUT2D eigenvalue weighted by Crippen LogP contribution is 2.35. The van der Waals surface area contributed by atoms with Gasteiger partial charge in [-0.15, -0.1) is 0 Å². The summed E-state index contributed by atoms with van der Waals surface area (Å²) < 4.78 is 5.32. The van der Waals surface area contributed by atoms with Crippen LogP contribution in [0.1, 0.15) is 25.3 Å². The third-order valence-corrected chi connectivity index (χ3v) is 3.60. The lowest BCUT2D eigenvalue weighted by atomic mass is 9.73. The van der Waals surface area contributed by atoms with Crippen LogP contribution in [0.5, 0.6) is 0 Å². The number of hydrogen-bond acceptors (Lipinski definition) is 3. The minimum absolute atomic E-state index is 0.211. The van der Waals surface area contributed by atoms with Crippen LogP contribution >= 0.6 is 0 Å². The zero-order chi connectivity index (χ0) is 14.5. The first-order valence-corrected chi connectivity index (χ1v) is 6.82. The van der Waals surface area contributed by atoms with Gasteiger partial charge in [-0.05, 0) is 37.5 Å². The fraction of sp³-hybridized carbons (Fsp3) is 0.467. The van der Waals surface area contributed by atoms with Gasteiger partial charge >= 0.3 is 5.97 Å². The highest BCUT2D eigenvalue weighted by molar-refractivity contribution is 5.96. The van der Waals surface area contributed by atoms with E-state index in [1.807, 2.05) is 25.1 Å². The van der Waals surface area contributed by atoms with Crippen LogP contribution in [0.25, 0.3) is 0 Å². The minimum Gasteiger partial charge on any atom is -0.481 e. The van der Waals surface area contributed by atoms with Crippen molar-refractivity contribution in [2.24, 2.45) is 11.8 Å². The molecule has 0 radical (unpaired) electrons. The molecular formula is C15H19NO4. The Labute approximate surface area is 117 Å². The fourth-order valence-corrected chi connectivity index (χ4v) is 2.30. The molecule has 108 valence electrons. The second-order valence-corrected chi connectivity index (χ2v) is 4.96. The summed E-state index contributed by atoms with van der Waals surface area (Å²) in [6, 6.07) is 7.41. The molecule has 1 aromatic carbocycles. The molecule has 1 aromatic rings. The van der Waals surface area contributed by atoms with Crippen LogP contribution in [-0.2, 0) is 20.9 Å². The van der Waals surface area contributed by atoms with E-state index < -0.39 is 17.8 Å². The Morgan fingerprint density at radius 3 is 2.70 bits per heavy atom. The molecule has 1 aliphatic carbocycles. The number of carboxylic acid groups (broad SMARTS) is 1. The number of aliphatic carboxylic acids is 1. The van der Waals surface area contributed by atoms with Gasteiger partial charge in [0.1, 0.15) is 0 Å². The number of ether oxygens (including phenoxy) is 1. The van der Waals surface area contributed by atoms with Gasteiger partial charge in [0.25, 0.3) is 0 Å². The summed E-state index contributed by atoms with van der Waals surface area (Å²) in [7, 11) is 0. The molecule has 0 aromatic heterocycles. The number of rotatable bonds is 6. The number of carbonyl (C=O) groups excluding carboxylic acids is 1. The minimum atomic E-state index is -0.888. The molecule has 1 fully saturated rings. The first-order valence-electron chi connectivity index (χ1n) is 6.82. The Balaban J connectivity index is 1.96. The van der Waals surface area contributed by atoms with Crippen LogP contribution in [0.2, 0.25) is 0 Å². The molecule has 0 saturated heterocycles. The quantitative estimate of drug-likeness (QED) is 0.836. The van der Waals surface area contributed by atoms with Gasteiger partial charge in [-0.1, -0.05) is 12.1 Å². The van der Waals surface area contributed by atoms with Gasteiger partial charge in [-0.2, -0.15) is 0 Å². The summed E-state index contributed by atoms with van der Waals surface area (Å²) >= 11 is 0. The Bertz CT molecular complexity index is 500. The summed E-state index contributed by atoms with van der Waals surface area (Å²) in [5, 5.41) is 11.8. The molecule has 2 N–H and O–H groups in total. The highest BCUT2D eigenvalue weighted by Gasteiger charge is 2.41. The topological polar surface area (TPSA) is 75.6 Å². The normalized spacial score (nSPS) is 21.1. The van der Waals surface area contributed by atoms with Crippen LogP contribution in [0.3, 0.4) is 0 Å². The van der Waals surface area contributed by atoms with E-state index in [1.54, 1.807) is 6.07 Å². The summed E-state index contributed by atoms with van der Waals surface area (Å²) in [5.74, 6) is -2.05. The van der Waals surface area contributed by atoms with Crippen LogP contribution in [-0.4, -0.2) is 23.6 Å². The summed E-state index contributed by atoms with van der Waals surface area (Å²) in [5.41, 5.74) is 1.66. The van der Waals surface area contributed by atoms with Crippen molar-refractivity contribution in [3.63, 3.8) is 0 Å². The lowest BCUT2D eigenvalue weighted by molar-refractivity contribution is -0.151. The van der Waals surface area contributed by atoms with E-state index in [4.69, 9.17) is 9.84 Å². The van der Waals surface area contributed by atoms with E-state index in [0.717, 1.165) is 5.56 Å². The number of hydrogen-bond donors (Lipinski definition) is 2. The molecular weight excluding hydrogens is 258 g/mol. The SMILES string of the molecule is CCOCc1cccc(NC(=O)C2CCC2C(=O)O)c1. The van der Waals surface area contributed by atoms with Gasteiger partial charge in [0, 0.05) is 12.3 Å². The number of carbonyl (C=O) groups is 2. The number of benzene rings is 1. The van der Waals surface area contributed by atoms with E-state index in [1.165, 1.54) is 0 Å². The van der Waals surface area contributed by atoms with Crippen LogP contribution in [0, 0.1) is 11.8 Å². The molecule has 5 heteroatoms. The molecule has 2 unspecified atom stereocenters. The van der Waals surface area contributed by atoms with Gasteiger partial charge in [-0.25, -0.2) is 0 Å². The van der Waals surface area contributed by atoms with Gasteiger partial charge < -0.3 is 15.2 Å². The van der Waals surface area contributed by atoms with Gasteiger partial charge in [0.2, 0.25) is 5.91 Å². The monoisotopic (exact) mass is 277 g/mol. The molecule has 1 aliphatic rings. The van der Waals surface area contributed by atoms with E-state index in [0.29, 0.717) is 31.7 Å². The first kappa shape index (κ1) is 14.5. The second kappa shape index (κ2) is 6.52. The largest absolute Gasteiger partial charge is 0.481 e. The predicted octanol–water partition coefficient (Wildman–Crippen LogP) is 2.27. The molecule has 2 rings (SSSR count). The third kappa shape index (κ3) is 3.36. The predicted molar refractivity (Wildman–Crippen MR) is 74.3 cm³/mol. The molecule has 0 aliphatic heterocycles. The Kier molecular flexibility index (Phi) is 4.74. The molecule has 0 heterocycles. The number of carboxylic acids is 1. The molecule has 0 bridgehead atoms. The van der Waals surface area contributed by atoms with Crippen LogP contribution in [0.15, 0.2) is 24.3 Å². The van der Waals surface area contributed by atoms with Crippen molar-refractivity contribution in [1.82, 2.24) is 0 Å². The van der Waals surface area contributed by atoms with E-state index in [-0.39, 0.29) is 5.91 Å². The van der Waals surface area contributed by atoms with E-state index >= 15 is 0 Å². The van der Waals surface area contributed by atoms with Crippen LogP contribution < -0.4 is 5.32 Å². The molecule has 1 amide bonds. The van der Waals surface area contributed by atoms with Crippen molar-refractivity contribution in [3.8, 4) is 0 Å². The lowest BCUT2D eigenvalue weighted by Crippen LogP contribution is -2.41. The third-order valence-electron chi connectivity index (χ3n) is 3.60. The summed E-state index contributed by atoms with van der Waals surface area (Å²) in [6.45, 7) is 3.06. The van der Waals surface area contributed by atoms with Gasteiger partial charge in [-0.3, -0.25) is 9.59 Å². The van der Waals surface area contributed by atoms with Crippen molar-refractivity contribution < 1.29 is 19.4 Å². The zero-order valence-corrected chi connectivity index (χ0v) is 11.5. The van der Waals surface area contributed by atoms with E-state index in [9.17, 15) is 9.59 Å². The van der Waals surface area contributed by atoms with Gasteiger partial charge in [0.05, 0.1) is 18.4 Å². The standard InChI is InChI=1S/C15H19NO4/c1-2-20-9-10-4-3-5-11(8-10)16-14(17)12-6-7-13(12)15(18)19/h3-5,8,12-13H,2,6-7,9H2,1H3,(H,16,17)(H,18,19). The Hall–Kier alpha value is -1.88. The Morgan fingerprint density at radius 2 is 2.10 bits per heavy atom. The highest BCUT2D eigenvalue weighted by atomic mass is 16.5. The van der Waals surface area contributed by atoms with Crippen molar-refractivity contribution in [2.75, 3.05) is 11.9 Å². The van der Waals surface area contributed by atoms with Crippen molar-refractivity contribution >= 4 is 17.6 Å². The number of nitrogens with one attached hydrogen (secondary N) is 1. The molecule has 2 atom stereocenters. The van der Waals surface area contributed by atoms with Crippen LogP contribution in [0.4, 0.5) is 5.69 Å². The maximum Gasteiger partial charge on any atom is 0.307 e. The second-order valence-electron chi connectivity index (χ2n) is 4.96.